The fourth-order valence-corrected chi connectivity index (χ4v) is 2.31. The molecular formula is C17H19ClN2O5. The minimum Gasteiger partial charge on any atom is -0.450 e. The maximum atomic E-state index is 12.1. The lowest BCUT2D eigenvalue weighted by atomic mass is 10.1. The van der Waals surface area contributed by atoms with Crippen molar-refractivity contribution in [2.75, 3.05) is 19.7 Å². The van der Waals surface area contributed by atoms with Crippen molar-refractivity contribution in [3.63, 3.8) is 0 Å². The van der Waals surface area contributed by atoms with Gasteiger partial charge in [-0.1, -0.05) is 18.5 Å². The highest BCUT2D eigenvalue weighted by atomic mass is 35.5. The summed E-state index contributed by atoms with van der Waals surface area (Å²) in [6.45, 7) is 3.50. The summed E-state index contributed by atoms with van der Waals surface area (Å²) >= 11 is 5.93. The normalized spacial score (nSPS) is 10.5. The average Bonchev–Trinajstić information content (AvgIpc) is 2.92. The van der Waals surface area contributed by atoms with Gasteiger partial charge in [-0.15, -0.1) is 0 Å². The van der Waals surface area contributed by atoms with Gasteiger partial charge in [-0.3, -0.25) is 9.59 Å². The van der Waals surface area contributed by atoms with E-state index in [1.165, 1.54) is 0 Å². The number of furan rings is 1. The maximum Gasteiger partial charge on any atom is 0.375 e. The first-order chi connectivity index (χ1) is 11.9. The van der Waals surface area contributed by atoms with E-state index in [1.807, 2.05) is 6.92 Å². The van der Waals surface area contributed by atoms with E-state index in [1.54, 1.807) is 25.1 Å². The number of hydrogen-bond donors (Lipinski definition) is 2. The molecule has 7 nitrogen and oxygen atoms in total. The van der Waals surface area contributed by atoms with Crippen LogP contribution in [0.4, 0.5) is 0 Å². The standard InChI is InChI=1S/C17H19ClN2O5/c1-3-6-19-14(21)8-20-15(22)9-24-17(23)16-10(2)12-7-11(18)4-5-13(12)25-16/h4-5,7H,3,6,8-9H2,1-2H3,(H,19,21)(H,20,22). The van der Waals surface area contributed by atoms with Crippen LogP contribution in [0.5, 0.6) is 0 Å². The van der Waals surface area contributed by atoms with Crippen molar-refractivity contribution in [3.05, 3.63) is 34.5 Å². The summed E-state index contributed by atoms with van der Waals surface area (Å²) in [5.41, 5.74) is 1.09. The van der Waals surface area contributed by atoms with E-state index in [0.717, 1.165) is 6.42 Å². The van der Waals surface area contributed by atoms with Gasteiger partial charge in [0.15, 0.2) is 6.61 Å². The fraction of sp³-hybridized carbons (Fsp3) is 0.353. The minimum atomic E-state index is -0.754. The van der Waals surface area contributed by atoms with Gasteiger partial charge in [-0.2, -0.15) is 0 Å². The maximum absolute atomic E-state index is 12.1. The molecule has 2 amide bonds. The Balaban J connectivity index is 1.89. The van der Waals surface area contributed by atoms with Gasteiger partial charge in [0.2, 0.25) is 11.7 Å². The lowest BCUT2D eigenvalue weighted by Gasteiger charge is -2.06. The molecule has 0 saturated carbocycles. The molecule has 0 aliphatic carbocycles. The number of benzene rings is 1. The minimum absolute atomic E-state index is 0.0192. The molecule has 134 valence electrons. The van der Waals surface area contributed by atoms with E-state index >= 15 is 0 Å². The topological polar surface area (TPSA) is 97.6 Å². The molecule has 1 aromatic carbocycles. The second kappa shape index (κ2) is 8.53. The Hall–Kier alpha value is -2.54. The molecule has 0 spiro atoms. The van der Waals surface area contributed by atoms with Gasteiger partial charge in [0, 0.05) is 22.5 Å². The van der Waals surface area contributed by atoms with Crippen molar-refractivity contribution in [1.82, 2.24) is 10.6 Å². The van der Waals surface area contributed by atoms with Gasteiger partial charge < -0.3 is 19.8 Å². The molecule has 0 radical (unpaired) electrons. The summed E-state index contributed by atoms with van der Waals surface area (Å²) in [6, 6.07) is 5.00. The monoisotopic (exact) mass is 366 g/mol. The summed E-state index contributed by atoms with van der Waals surface area (Å²) in [6.07, 6.45) is 0.805. The van der Waals surface area contributed by atoms with Crippen LogP contribution in [0.2, 0.25) is 5.02 Å². The number of hydrogen-bond acceptors (Lipinski definition) is 5. The number of carbonyl (C=O) groups is 3. The molecule has 0 aliphatic heterocycles. The van der Waals surface area contributed by atoms with Crippen molar-refractivity contribution in [2.45, 2.75) is 20.3 Å². The molecule has 0 saturated heterocycles. The lowest BCUT2D eigenvalue weighted by Crippen LogP contribution is -2.38. The first kappa shape index (κ1) is 18.8. The van der Waals surface area contributed by atoms with Crippen LogP contribution in [-0.4, -0.2) is 37.5 Å². The number of rotatable bonds is 7. The number of aryl methyl sites for hydroxylation is 1. The number of ether oxygens (including phenoxy) is 1. The quantitative estimate of drug-likeness (QED) is 0.732. The number of carbonyl (C=O) groups excluding carboxylic acids is 3. The van der Waals surface area contributed by atoms with Crippen molar-refractivity contribution in [2.24, 2.45) is 0 Å². The molecule has 2 N–H and O–H groups in total. The molecule has 2 rings (SSSR count). The van der Waals surface area contributed by atoms with E-state index in [0.29, 0.717) is 28.1 Å². The third-order valence-corrected chi connectivity index (χ3v) is 3.67. The summed E-state index contributed by atoms with van der Waals surface area (Å²) < 4.78 is 10.4. The number of nitrogens with one attached hydrogen (secondary N) is 2. The SMILES string of the molecule is CCCNC(=O)CNC(=O)COC(=O)c1oc2ccc(Cl)cc2c1C. The smallest absolute Gasteiger partial charge is 0.375 e. The second-order valence-electron chi connectivity index (χ2n) is 5.40. The highest BCUT2D eigenvalue weighted by Crippen LogP contribution is 2.28. The predicted octanol–water partition coefficient (Wildman–Crippen LogP) is 2.19. The Labute approximate surface area is 149 Å². The van der Waals surface area contributed by atoms with Crippen molar-refractivity contribution < 1.29 is 23.5 Å². The molecule has 0 atom stereocenters. The molecule has 8 heteroatoms. The molecule has 0 aliphatic rings. The Morgan fingerprint density at radius 3 is 2.68 bits per heavy atom. The third-order valence-electron chi connectivity index (χ3n) is 3.44. The number of halogens is 1. The highest BCUT2D eigenvalue weighted by molar-refractivity contribution is 6.31. The Morgan fingerprint density at radius 1 is 1.20 bits per heavy atom. The van der Waals surface area contributed by atoms with Gasteiger partial charge in [0.1, 0.15) is 5.58 Å². The van der Waals surface area contributed by atoms with Crippen molar-refractivity contribution >= 4 is 40.4 Å². The molecule has 25 heavy (non-hydrogen) atoms. The largest absolute Gasteiger partial charge is 0.450 e. The highest BCUT2D eigenvalue weighted by Gasteiger charge is 2.20. The van der Waals surface area contributed by atoms with Gasteiger partial charge in [0.25, 0.3) is 5.91 Å². The van der Waals surface area contributed by atoms with Crippen LogP contribution in [0.15, 0.2) is 22.6 Å². The molecule has 0 unspecified atom stereocenters. The summed E-state index contributed by atoms with van der Waals surface area (Å²) in [5.74, 6) is -1.61. The van der Waals surface area contributed by atoms with Crippen LogP contribution in [0, 0.1) is 6.92 Å². The van der Waals surface area contributed by atoms with Crippen LogP contribution >= 0.6 is 11.6 Å². The van der Waals surface area contributed by atoms with Gasteiger partial charge in [-0.05, 0) is 31.5 Å². The molecular weight excluding hydrogens is 348 g/mol. The second-order valence-corrected chi connectivity index (χ2v) is 5.84. The van der Waals surface area contributed by atoms with Crippen LogP contribution in [0.3, 0.4) is 0 Å². The summed E-state index contributed by atoms with van der Waals surface area (Å²) in [4.78, 5) is 35.1. The molecule has 1 heterocycles. The van der Waals surface area contributed by atoms with E-state index < -0.39 is 18.5 Å². The summed E-state index contributed by atoms with van der Waals surface area (Å²) in [7, 11) is 0. The average molecular weight is 367 g/mol. The zero-order valence-electron chi connectivity index (χ0n) is 14.0. The van der Waals surface area contributed by atoms with Crippen LogP contribution in [0.25, 0.3) is 11.0 Å². The lowest BCUT2D eigenvalue weighted by molar-refractivity contribution is -0.127. The number of fused-ring (bicyclic) bond motifs is 1. The van der Waals surface area contributed by atoms with Gasteiger partial charge in [0.05, 0.1) is 6.54 Å². The summed E-state index contributed by atoms with van der Waals surface area (Å²) in [5, 5.41) is 6.22. The van der Waals surface area contributed by atoms with Crippen LogP contribution < -0.4 is 10.6 Å². The van der Waals surface area contributed by atoms with E-state index in [-0.39, 0.29) is 18.2 Å². The first-order valence-electron chi connectivity index (χ1n) is 7.81. The molecule has 0 fully saturated rings. The Morgan fingerprint density at radius 2 is 1.96 bits per heavy atom. The first-order valence-corrected chi connectivity index (χ1v) is 8.19. The predicted molar refractivity (Wildman–Crippen MR) is 92.6 cm³/mol. The fourth-order valence-electron chi connectivity index (χ4n) is 2.14. The van der Waals surface area contributed by atoms with Crippen LogP contribution in [0.1, 0.15) is 29.5 Å². The Bertz CT molecular complexity index is 800. The van der Waals surface area contributed by atoms with E-state index in [9.17, 15) is 14.4 Å². The zero-order chi connectivity index (χ0) is 18.4. The van der Waals surface area contributed by atoms with E-state index in [2.05, 4.69) is 10.6 Å². The number of amides is 2. The van der Waals surface area contributed by atoms with Gasteiger partial charge in [-0.25, -0.2) is 4.79 Å². The van der Waals surface area contributed by atoms with Crippen LogP contribution in [-0.2, 0) is 14.3 Å². The Kier molecular flexibility index (Phi) is 6.41. The van der Waals surface area contributed by atoms with Crippen molar-refractivity contribution in [1.29, 1.82) is 0 Å². The van der Waals surface area contributed by atoms with Crippen molar-refractivity contribution in [3.8, 4) is 0 Å². The van der Waals surface area contributed by atoms with E-state index in [4.69, 9.17) is 20.8 Å². The number of esters is 1. The molecule has 2 aromatic rings. The molecule has 1 aromatic heterocycles. The zero-order valence-corrected chi connectivity index (χ0v) is 14.7. The third kappa shape index (κ3) is 4.96. The van der Waals surface area contributed by atoms with Gasteiger partial charge >= 0.3 is 5.97 Å². The molecule has 0 bridgehead atoms.